The van der Waals surface area contributed by atoms with Crippen LogP contribution in [0.25, 0.3) is 10.8 Å². The number of fused-ring (bicyclic) bond motifs is 1. The maximum Gasteiger partial charge on any atom is 0.333 e. The van der Waals surface area contributed by atoms with E-state index in [9.17, 15) is 19.5 Å². The summed E-state index contributed by atoms with van der Waals surface area (Å²) in [6.45, 7) is 2.40. The van der Waals surface area contributed by atoms with Crippen LogP contribution in [-0.4, -0.2) is 50.7 Å². The lowest BCUT2D eigenvalue weighted by Crippen LogP contribution is -2.67. The number of hydrogen-bond acceptors (Lipinski definition) is 5. The van der Waals surface area contributed by atoms with E-state index in [1.165, 1.54) is 0 Å². The summed E-state index contributed by atoms with van der Waals surface area (Å²) in [4.78, 5) is 41.1. The van der Waals surface area contributed by atoms with Crippen molar-refractivity contribution in [3.05, 3.63) is 81.8 Å². The molecule has 8 nitrogen and oxygen atoms in total. The van der Waals surface area contributed by atoms with Crippen LogP contribution in [0.4, 0.5) is 5.82 Å². The molecule has 33 heavy (non-hydrogen) atoms. The minimum absolute atomic E-state index is 0.0579. The summed E-state index contributed by atoms with van der Waals surface area (Å²) in [7, 11) is 0. The first kappa shape index (κ1) is 20.9. The molecule has 2 aliphatic rings. The second-order valence-corrected chi connectivity index (χ2v) is 8.51. The lowest BCUT2D eigenvalue weighted by molar-refractivity contribution is -0.132. The number of anilines is 1. The van der Waals surface area contributed by atoms with Gasteiger partial charge in [0.1, 0.15) is 0 Å². The highest BCUT2D eigenvalue weighted by Crippen LogP contribution is 2.39. The number of H-pyrrole nitrogens is 1. The number of amides is 1. The van der Waals surface area contributed by atoms with Gasteiger partial charge in [-0.2, -0.15) is 5.10 Å². The number of carbonyl (C=O) groups is 2. The first-order valence-electron chi connectivity index (χ1n) is 11.1. The van der Waals surface area contributed by atoms with E-state index in [-0.39, 0.29) is 23.6 Å². The number of nitrogens with one attached hydrogen (secondary N) is 1. The van der Waals surface area contributed by atoms with Crippen molar-refractivity contribution < 1.29 is 14.7 Å². The highest BCUT2D eigenvalue weighted by molar-refractivity contribution is 5.96. The Labute approximate surface area is 190 Å². The average Bonchev–Trinajstić information content (AvgIpc) is 3.32. The van der Waals surface area contributed by atoms with Crippen molar-refractivity contribution >= 4 is 28.5 Å². The number of benzene rings is 2. The van der Waals surface area contributed by atoms with Crippen molar-refractivity contribution in [2.45, 2.75) is 38.3 Å². The second-order valence-electron chi connectivity index (χ2n) is 8.51. The topological polar surface area (TPSA) is 107 Å². The van der Waals surface area contributed by atoms with Crippen LogP contribution in [0.2, 0.25) is 0 Å². The number of carboxylic acid groups (broad SMARTS) is 1. The van der Waals surface area contributed by atoms with E-state index in [0.29, 0.717) is 52.8 Å². The van der Waals surface area contributed by atoms with Crippen molar-refractivity contribution in [1.82, 2.24) is 15.1 Å². The van der Waals surface area contributed by atoms with Gasteiger partial charge in [-0.05, 0) is 44.4 Å². The molecule has 1 saturated heterocycles. The molecule has 1 amide bonds. The van der Waals surface area contributed by atoms with Gasteiger partial charge in [-0.3, -0.25) is 9.59 Å². The van der Waals surface area contributed by atoms with Crippen LogP contribution in [-0.2, 0) is 4.79 Å². The van der Waals surface area contributed by atoms with E-state index in [4.69, 9.17) is 0 Å². The number of carboxylic acids is 1. The molecule has 1 aliphatic heterocycles. The molecule has 8 heteroatoms. The van der Waals surface area contributed by atoms with Crippen LogP contribution in [0.15, 0.2) is 70.7 Å². The van der Waals surface area contributed by atoms with E-state index in [1.54, 1.807) is 29.2 Å². The number of aliphatic carboxylic acids is 1. The smallest absolute Gasteiger partial charge is 0.333 e. The monoisotopic (exact) mass is 444 g/mol. The second kappa shape index (κ2) is 8.20. The number of aromatic nitrogens is 2. The fraction of sp³-hybridized carbons (Fsp3) is 0.280. The quantitative estimate of drug-likeness (QED) is 0.626. The van der Waals surface area contributed by atoms with Gasteiger partial charge in [0.25, 0.3) is 11.5 Å². The molecule has 1 aromatic heterocycles. The van der Waals surface area contributed by atoms with Gasteiger partial charge in [-0.15, -0.1) is 0 Å². The molecule has 1 fully saturated rings. The van der Waals surface area contributed by atoms with E-state index >= 15 is 0 Å². The zero-order valence-corrected chi connectivity index (χ0v) is 18.2. The summed E-state index contributed by atoms with van der Waals surface area (Å²) >= 11 is 0. The molecule has 0 spiro atoms. The maximum absolute atomic E-state index is 13.0. The highest BCUT2D eigenvalue weighted by Gasteiger charge is 2.45. The molecule has 0 saturated carbocycles. The highest BCUT2D eigenvalue weighted by atomic mass is 16.4. The number of likely N-dealkylation sites (tertiary alicyclic amines) is 1. The predicted octanol–water partition coefficient (Wildman–Crippen LogP) is 3.17. The number of hydrogen-bond donors (Lipinski definition) is 2. The van der Waals surface area contributed by atoms with E-state index in [2.05, 4.69) is 10.2 Å². The van der Waals surface area contributed by atoms with Crippen molar-refractivity contribution in [2.24, 2.45) is 0 Å². The fourth-order valence-corrected chi connectivity index (χ4v) is 4.89. The Morgan fingerprint density at radius 3 is 2.45 bits per heavy atom. The first-order chi connectivity index (χ1) is 16.0. The van der Waals surface area contributed by atoms with Crippen LogP contribution in [0.5, 0.6) is 0 Å². The van der Waals surface area contributed by atoms with Gasteiger partial charge in [0.15, 0.2) is 5.82 Å². The molecule has 0 radical (unpaired) electrons. The van der Waals surface area contributed by atoms with Crippen LogP contribution in [0.3, 0.4) is 0 Å². The summed E-state index contributed by atoms with van der Waals surface area (Å²) in [5.74, 6) is -0.479. The number of allylic oxidation sites excluding steroid dienone is 1. The summed E-state index contributed by atoms with van der Waals surface area (Å²) in [5, 5.41) is 17.9. The third-order valence-corrected chi connectivity index (χ3v) is 6.69. The number of rotatable bonds is 5. The zero-order valence-electron chi connectivity index (χ0n) is 18.2. The molecule has 2 unspecified atom stereocenters. The lowest BCUT2D eigenvalue weighted by Gasteiger charge is -2.52. The van der Waals surface area contributed by atoms with Gasteiger partial charge in [0.2, 0.25) is 0 Å². The van der Waals surface area contributed by atoms with Gasteiger partial charge in [-0.25, -0.2) is 9.89 Å². The fourth-order valence-electron chi connectivity index (χ4n) is 4.89. The summed E-state index contributed by atoms with van der Waals surface area (Å²) < 4.78 is 0. The van der Waals surface area contributed by atoms with Crippen molar-refractivity contribution in [1.29, 1.82) is 0 Å². The Hall–Kier alpha value is -3.94. The Bertz CT molecular complexity index is 1330. The maximum atomic E-state index is 13.0. The van der Waals surface area contributed by atoms with E-state index in [0.717, 1.165) is 6.42 Å². The van der Waals surface area contributed by atoms with Crippen molar-refractivity contribution in [3.8, 4) is 0 Å². The average molecular weight is 444 g/mol. The SMILES string of the molecule is CC1C(N(C2=C(C(=O)O)CCC2)c2n[nH]c(=O)c3ccccc23)CN1C(=O)c1ccccc1. The standard InChI is InChI=1S/C25H24N4O4/c1-15-21(14-28(15)24(31)16-8-3-2-4-9-16)29(20-13-7-12-19(20)25(32)33)22-17-10-5-6-11-18(17)23(30)27-26-22/h2-6,8-11,15,21H,7,12-14H2,1H3,(H,27,30)(H,32,33). The third-order valence-electron chi connectivity index (χ3n) is 6.69. The van der Waals surface area contributed by atoms with Gasteiger partial charge in [0, 0.05) is 23.2 Å². The predicted molar refractivity (Wildman–Crippen MR) is 124 cm³/mol. The molecule has 2 atom stereocenters. The molecular weight excluding hydrogens is 420 g/mol. The van der Waals surface area contributed by atoms with Gasteiger partial charge in [0.05, 0.1) is 23.0 Å². The number of nitrogens with zero attached hydrogens (tertiary/aromatic N) is 3. The van der Waals surface area contributed by atoms with Crippen LogP contribution in [0.1, 0.15) is 36.5 Å². The Kier molecular flexibility index (Phi) is 5.20. The molecule has 2 N–H and O–H groups in total. The minimum Gasteiger partial charge on any atom is -0.478 e. The first-order valence-corrected chi connectivity index (χ1v) is 11.1. The molecule has 168 valence electrons. The Balaban J connectivity index is 1.58. The molecule has 0 bridgehead atoms. The van der Waals surface area contributed by atoms with Crippen LogP contribution in [0, 0.1) is 0 Å². The van der Waals surface area contributed by atoms with Crippen LogP contribution < -0.4 is 10.5 Å². The number of aromatic amines is 1. The van der Waals surface area contributed by atoms with E-state index < -0.39 is 5.97 Å². The molecule has 5 rings (SSSR count). The summed E-state index contributed by atoms with van der Waals surface area (Å²) in [6.07, 6.45) is 1.82. The van der Waals surface area contributed by atoms with Crippen molar-refractivity contribution in [3.63, 3.8) is 0 Å². The van der Waals surface area contributed by atoms with E-state index in [1.807, 2.05) is 42.2 Å². The Morgan fingerprint density at radius 2 is 1.76 bits per heavy atom. The molecule has 3 aromatic rings. The summed E-state index contributed by atoms with van der Waals surface area (Å²) in [5.41, 5.74) is 1.40. The lowest BCUT2D eigenvalue weighted by atomic mass is 9.93. The summed E-state index contributed by atoms with van der Waals surface area (Å²) in [6, 6.07) is 16.0. The Morgan fingerprint density at radius 1 is 1.06 bits per heavy atom. The van der Waals surface area contributed by atoms with Crippen LogP contribution >= 0.6 is 0 Å². The third kappa shape index (κ3) is 3.47. The van der Waals surface area contributed by atoms with Crippen molar-refractivity contribution in [2.75, 3.05) is 11.4 Å². The van der Waals surface area contributed by atoms with Gasteiger partial charge >= 0.3 is 5.97 Å². The molecule has 1 aliphatic carbocycles. The molecule has 2 aromatic carbocycles. The molecule has 2 heterocycles. The molecular formula is C25H24N4O4. The van der Waals surface area contributed by atoms with Gasteiger partial charge < -0.3 is 14.9 Å². The van der Waals surface area contributed by atoms with Gasteiger partial charge in [-0.1, -0.05) is 36.4 Å². The zero-order chi connectivity index (χ0) is 23.1. The normalized spacial score (nSPS) is 20.1. The number of carbonyl (C=O) groups excluding carboxylic acids is 1. The minimum atomic E-state index is -0.939. The largest absolute Gasteiger partial charge is 0.478 e.